The number of urea groups is 1. The van der Waals surface area contributed by atoms with Crippen molar-refractivity contribution in [1.82, 2.24) is 0 Å². The van der Waals surface area contributed by atoms with Gasteiger partial charge in [0.05, 0.1) is 5.69 Å². The molecule has 4 nitrogen and oxygen atoms in total. The van der Waals surface area contributed by atoms with E-state index < -0.39 is 12.1 Å². The first-order valence-corrected chi connectivity index (χ1v) is 9.53. The average Bonchev–Trinajstić information content (AvgIpc) is 2.93. The summed E-state index contributed by atoms with van der Waals surface area (Å²) in [5.74, 6) is -0.380. The molecule has 1 aliphatic rings. The minimum absolute atomic E-state index is 0.380. The molecule has 1 aliphatic heterocycles. The van der Waals surface area contributed by atoms with Crippen LogP contribution in [0.5, 0.6) is 0 Å². The topological polar surface area (TPSA) is 40.6 Å². The van der Waals surface area contributed by atoms with Gasteiger partial charge in [-0.1, -0.05) is 59.1 Å². The van der Waals surface area contributed by atoms with Crippen LogP contribution in [0.2, 0.25) is 15.1 Å². The van der Waals surface area contributed by atoms with E-state index in [1.54, 1.807) is 72.8 Å². The van der Waals surface area contributed by atoms with Crippen molar-refractivity contribution >= 4 is 58.1 Å². The summed E-state index contributed by atoms with van der Waals surface area (Å²) in [6.07, 6.45) is 0. The average molecular weight is 432 g/mol. The van der Waals surface area contributed by atoms with Crippen molar-refractivity contribution in [3.8, 4) is 0 Å². The summed E-state index contributed by atoms with van der Waals surface area (Å²) in [4.78, 5) is 29.2. The number of hydrogen-bond donors (Lipinski definition) is 0. The molecular weight excluding hydrogens is 419 g/mol. The second kappa shape index (κ2) is 7.47. The van der Waals surface area contributed by atoms with Crippen molar-refractivity contribution in [2.75, 3.05) is 9.80 Å². The third-order valence-electron chi connectivity index (χ3n) is 4.45. The van der Waals surface area contributed by atoms with E-state index in [2.05, 4.69) is 0 Å². The third-order valence-corrected chi connectivity index (χ3v) is 5.17. The van der Waals surface area contributed by atoms with Gasteiger partial charge in [0.15, 0.2) is 0 Å². The monoisotopic (exact) mass is 430 g/mol. The predicted molar refractivity (Wildman–Crippen MR) is 112 cm³/mol. The van der Waals surface area contributed by atoms with Crippen molar-refractivity contribution in [2.24, 2.45) is 0 Å². The maximum Gasteiger partial charge on any atom is 0.336 e. The molecule has 0 aromatic heterocycles. The van der Waals surface area contributed by atoms with Crippen LogP contribution < -0.4 is 9.80 Å². The van der Waals surface area contributed by atoms with Gasteiger partial charge in [0.2, 0.25) is 0 Å². The molecule has 28 heavy (non-hydrogen) atoms. The largest absolute Gasteiger partial charge is 0.336 e. The molecule has 0 aliphatic carbocycles. The Kier molecular flexibility index (Phi) is 5.02. The highest BCUT2D eigenvalue weighted by molar-refractivity contribution is 6.33. The summed E-state index contributed by atoms with van der Waals surface area (Å²) in [5, 5.41) is 1.44. The molecule has 1 heterocycles. The van der Waals surface area contributed by atoms with Crippen LogP contribution in [0.1, 0.15) is 11.6 Å². The fourth-order valence-corrected chi connectivity index (χ4v) is 3.72. The normalized spacial score (nSPS) is 16.8. The van der Waals surface area contributed by atoms with Crippen LogP contribution >= 0.6 is 34.8 Å². The van der Waals surface area contributed by atoms with Gasteiger partial charge >= 0.3 is 6.03 Å². The third kappa shape index (κ3) is 3.35. The van der Waals surface area contributed by atoms with Crippen LogP contribution in [-0.4, -0.2) is 11.9 Å². The van der Waals surface area contributed by atoms with Gasteiger partial charge in [0, 0.05) is 20.8 Å². The van der Waals surface area contributed by atoms with Gasteiger partial charge in [-0.2, -0.15) is 0 Å². The van der Waals surface area contributed by atoms with E-state index in [1.807, 2.05) is 0 Å². The number of amides is 3. The number of anilines is 2. The molecule has 0 spiro atoms. The fraction of sp³-hybridized carbons (Fsp3) is 0.0476. The Hall–Kier alpha value is -2.53. The molecule has 1 atom stereocenters. The summed E-state index contributed by atoms with van der Waals surface area (Å²) in [6, 6.07) is 19.0. The van der Waals surface area contributed by atoms with Crippen LogP contribution in [0.4, 0.5) is 16.2 Å². The van der Waals surface area contributed by atoms with Gasteiger partial charge in [-0.15, -0.1) is 0 Å². The van der Waals surface area contributed by atoms with Crippen molar-refractivity contribution in [3.63, 3.8) is 0 Å². The second-order valence-electron chi connectivity index (χ2n) is 6.24. The zero-order valence-corrected chi connectivity index (χ0v) is 16.6. The smallest absolute Gasteiger partial charge is 0.277 e. The van der Waals surface area contributed by atoms with Gasteiger partial charge < -0.3 is 0 Å². The Morgan fingerprint density at radius 1 is 0.679 bits per heavy atom. The summed E-state index contributed by atoms with van der Waals surface area (Å²) in [5.41, 5.74) is 1.58. The number of rotatable bonds is 3. The number of nitrogens with zero attached hydrogens (tertiary/aromatic N) is 2. The Morgan fingerprint density at radius 3 is 1.86 bits per heavy atom. The number of hydrogen-bond acceptors (Lipinski definition) is 2. The number of carbonyl (C=O) groups excluding carboxylic acids is 2. The lowest BCUT2D eigenvalue weighted by atomic mass is 10.1. The first kappa shape index (κ1) is 18.8. The van der Waals surface area contributed by atoms with Gasteiger partial charge in [-0.3, -0.25) is 9.69 Å². The SMILES string of the molecule is O=C1C(c2ccc(Cl)cc2)N(c2cccc(Cl)c2)C(=O)N1c1cccc(Cl)c1. The Bertz CT molecular complexity index is 1070. The lowest BCUT2D eigenvalue weighted by Gasteiger charge is -2.22. The highest BCUT2D eigenvalue weighted by Gasteiger charge is 2.47. The van der Waals surface area contributed by atoms with E-state index >= 15 is 0 Å². The van der Waals surface area contributed by atoms with Crippen molar-refractivity contribution in [2.45, 2.75) is 6.04 Å². The summed E-state index contributed by atoms with van der Waals surface area (Å²) >= 11 is 18.2. The van der Waals surface area contributed by atoms with E-state index in [0.717, 1.165) is 4.90 Å². The molecular formula is C21H13Cl3N2O2. The zero-order valence-electron chi connectivity index (χ0n) is 14.4. The van der Waals surface area contributed by atoms with Gasteiger partial charge in [-0.05, 0) is 54.1 Å². The summed E-state index contributed by atoms with van der Waals surface area (Å²) < 4.78 is 0. The fourth-order valence-electron chi connectivity index (χ4n) is 3.22. The molecule has 140 valence electrons. The van der Waals surface area contributed by atoms with Gasteiger partial charge in [0.25, 0.3) is 5.91 Å². The predicted octanol–water partition coefficient (Wildman–Crippen LogP) is 6.36. The number of imide groups is 1. The summed E-state index contributed by atoms with van der Waals surface area (Å²) in [7, 11) is 0. The molecule has 3 aromatic carbocycles. The second-order valence-corrected chi connectivity index (χ2v) is 7.55. The zero-order chi connectivity index (χ0) is 19.8. The molecule has 0 N–H and O–H groups in total. The number of carbonyl (C=O) groups is 2. The van der Waals surface area contributed by atoms with E-state index in [9.17, 15) is 9.59 Å². The molecule has 3 amide bonds. The maximum absolute atomic E-state index is 13.3. The Morgan fingerprint density at radius 2 is 1.25 bits per heavy atom. The highest BCUT2D eigenvalue weighted by Crippen LogP contribution is 2.39. The van der Waals surface area contributed by atoms with Crippen LogP contribution in [0.3, 0.4) is 0 Å². The van der Waals surface area contributed by atoms with Crippen LogP contribution in [0.25, 0.3) is 0 Å². The molecule has 0 bridgehead atoms. The van der Waals surface area contributed by atoms with E-state index in [-0.39, 0.29) is 5.91 Å². The molecule has 3 aromatic rings. The van der Waals surface area contributed by atoms with E-state index in [0.29, 0.717) is 32.0 Å². The van der Waals surface area contributed by atoms with Crippen molar-refractivity contribution in [3.05, 3.63) is 93.4 Å². The standard InChI is InChI=1S/C21H13Cl3N2O2/c22-14-9-7-13(8-10-14)19-20(27)26(18-6-2-4-16(24)12-18)21(28)25(19)17-5-1-3-15(23)11-17/h1-12,19H. The van der Waals surface area contributed by atoms with Crippen LogP contribution in [0, 0.1) is 0 Å². The quantitative estimate of drug-likeness (QED) is 0.453. The molecule has 1 fully saturated rings. The summed E-state index contributed by atoms with van der Waals surface area (Å²) in [6.45, 7) is 0. The lowest BCUT2D eigenvalue weighted by molar-refractivity contribution is -0.118. The van der Waals surface area contributed by atoms with Crippen LogP contribution in [-0.2, 0) is 4.79 Å². The molecule has 4 rings (SSSR count). The molecule has 7 heteroatoms. The van der Waals surface area contributed by atoms with E-state index in [1.165, 1.54) is 4.90 Å². The number of halogens is 3. The highest BCUT2D eigenvalue weighted by atomic mass is 35.5. The van der Waals surface area contributed by atoms with Gasteiger partial charge in [-0.25, -0.2) is 9.69 Å². The molecule has 1 saturated heterocycles. The minimum atomic E-state index is -0.845. The Labute approximate surface area is 176 Å². The minimum Gasteiger partial charge on any atom is -0.277 e. The lowest BCUT2D eigenvalue weighted by Crippen LogP contribution is -2.33. The maximum atomic E-state index is 13.3. The first-order chi connectivity index (χ1) is 13.5. The molecule has 0 radical (unpaired) electrons. The molecule has 1 unspecified atom stereocenters. The van der Waals surface area contributed by atoms with Gasteiger partial charge in [0.1, 0.15) is 6.04 Å². The van der Waals surface area contributed by atoms with E-state index in [4.69, 9.17) is 34.8 Å². The number of benzene rings is 3. The molecule has 0 saturated carbocycles. The first-order valence-electron chi connectivity index (χ1n) is 8.39. The Balaban J connectivity index is 1.86. The van der Waals surface area contributed by atoms with Crippen LogP contribution in [0.15, 0.2) is 72.8 Å². The van der Waals surface area contributed by atoms with Crippen molar-refractivity contribution < 1.29 is 9.59 Å². The van der Waals surface area contributed by atoms with Crippen molar-refractivity contribution in [1.29, 1.82) is 0 Å².